The zero-order chi connectivity index (χ0) is 10.8. The molecule has 1 aromatic rings. The Balaban J connectivity index is 3.06. The fourth-order valence-electron chi connectivity index (χ4n) is 1.10. The zero-order valence-corrected chi connectivity index (χ0v) is 8.82. The summed E-state index contributed by atoms with van der Waals surface area (Å²) >= 11 is 2.99. The van der Waals surface area contributed by atoms with Gasteiger partial charge < -0.3 is 5.73 Å². The smallest absolute Gasteiger partial charge is 0.277 e. The van der Waals surface area contributed by atoms with Crippen LogP contribution in [0, 0.1) is 5.82 Å². The Hall–Kier alpha value is -0.550. The molecule has 78 valence electrons. The average Bonchev–Trinajstić information content (AvgIpc) is 2.02. The van der Waals surface area contributed by atoms with E-state index >= 15 is 0 Å². The highest BCUT2D eigenvalue weighted by Crippen LogP contribution is 2.33. The molecule has 0 aromatic heterocycles. The Bertz CT molecular complexity index is 328. The normalized spacial score (nSPS) is 11.8. The molecule has 0 saturated carbocycles. The van der Waals surface area contributed by atoms with E-state index < -0.39 is 23.7 Å². The van der Waals surface area contributed by atoms with E-state index in [1.54, 1.807) is 0 Å². The molecule has 2 N–H and O–H groups in total. The van der Waals surface area contributed by atoms with Crippen LogP contribution in [0.3, 0.4) is 0 Å². The van der Waals surface area contributed by atoms with Crippen molar-refractivity contribution < 1.29 is 13.2 Å². The van der Waals surface area contributed by atoms with Crippen molar-refractivity contribution in [3.05, 3.63) is 34.1 Å². The third-order valence-corrected chi connectivity index (χ3v) is 2.28. The van der Waals surface area contributed by atoms with Gasteiger partial charge >= 0.3 is 0 Å². The topological polar surface area (TPSA) is 26.0 Å². The molecule has 0 spiro atoms. The lowest BCUT2D eigenvalue weighted by Crippen LogP contribution is -2.20. The third kappa shape index (κ3) is 2.48. The second-order valence-electron chi connectivity index (χ2n) is 2.87. The molecule has 0 aliphatic rings. The second-order valence-corrected chi connectivity index (χ2v) is 3.78. The Labute approximate surface area is 88.2 Å². The first-order chi connectivity index (χ1) is 6.47. The summed E-state index contributed by atoms with van der Waals surface area (Å²) in [5, 5.41) is 0. The molecule has 0 saturated heterocycles. The number of alkyl halides is 2. The molecule has 5 heteroatoms. The van der Waals surface area contributed by atoms with Gasteiger partial charge in [0.2, 0.25) is 0 Å². The Morgan fingerprint density at radius 3 is 2.50 bits per heavy atom. The van der Waals surface area contributed by atoms with E-state index in [0.29, 0.717) is 4.47 Å². The van der Waals surface area contributed by atoms with Gasteiger partial charge in [0.05, 0.1) is 5.56 Å². The van der Waals surface area contributed by atoms with Gasteiger partial charge in [-0.2, -0.15) is 0 Å². The highest BCUT2D eigenvalue weighted by atomic mass is 79.9. The Kier molecular flexibility index (Phi) is 3.55. The number of rotatable bonds is 3. The summed E-state index contributed by atoms with van der Waals surface area (Å²) in [6, 6.07) is 3.46. The fraction of sp³-hybridized carbons (Fsp3) is 0.333. The summed E-state index contributed by atoms with van der Waals surface area (Å²) in [5.74, 6) is -4.11. The van der Waals surface area contributed by atoms with E-state index in [0.717, 1.165) is 12.1 Å². The average molecular weight is 268 g/mol. The Morgan fingerprint density at radius 2 is 2.00 bits per heavy atom. The van der Waals surface area contributed by atoms with E-state index in [4.69, 9.17) is 5.73 Å². The lowest BCUT2D eigenvalue weighted by atomic mass is 10.1. The third-order valence-electron chi connectivity index (χ3n) is 1.78. The SMILES string of the molecule is NCCC(F)(F)c1ccc(Br)cc1F. The van der Waals surface area contributed by atoms with Crippen molar-refractivity contribution in [3.63, 3.8) is 0 Å². The number of hydrogen-bond acceptors (Lipinski definition) is 1. The van der Waals surface area contributed by atoms with Crippen molar-refractivity contribution in [2.75, 3.05) is 6.54 Å². The zero-order valence-electron chi connectivity index (χ0n) is 7.24. The van der Waals surface area contributed by atoms with Crippen LogP contribution >= 0.6 is 15.9 Å². The molecule has 0 aliphatic carbocycles. The van der Waals surface area contributed by atoms with Crippen molar-refractivity contribution in [3.8, 4) is 0 Å². The van der Waals surface area contributed by atoms with Crippen LogP contribution in [0.4, 0.5) is 13.2 Å². The van der Waals surface area contributed by atoms with Gasteiger partial charge in [-0.1, -0.05) is 15.9 Å². The maximum absolute atomic E-state index is 13.2. The van der Waals surface area contributed by atoms with Gasteiger partial charge in [-0.25, -0.2) is 13.2 Å². The van der Waals surface area contributed by atoms with Crippen molar-refractivity contribution in [2.45, 2.75) is 12.3 Å². The monoisotopic (exact) mass is 267 g/mol. The van der Waals surface area contributed by atoms with Crippen molar-refractivity contribution in [2.24, 2.45) is 5.73 Å². The number of benzene rings is 1. The largest absolute Gasteiger partial charge is 0.330 e. The summed E-state index contributed by atoms with van der Waals surface area (Å²) < 4.78 is 40.0. The maximum atomic E-state index is 13.2. The molecule has 1 aromatic carbocycles. The Morgan fingerprint density at radius 1 is 1.36 bits per heavy atom. The summed E-state index contributed by atoms with van der Waals surface area (Å²) in [5.41, 5.74) is 4.41. The minimum absolute atomic E-state index is 0.178. The minimum atomic E-state index is -3.19. The summed E-state index contributed by atoms with van der Waals surface area (Å²) in [7, 11) is 0. The second kappa shape index (κ2) is 4.31. The first-order valence-corrected chi connectivity index (χ1v) is 4.80. The molecule has 0 bridgehead atoms. The van der Waals surface area contributed by atoms with Gasteiger partial charge in [0, 0.05) is 10.9 Å². The summed E-state index contributed by atoms with van der Waals surface area (Å²) in [4.78, 5) is 0. The quantitative estimate of drug-likeness (QED) is 0.895. The molecule has 0 heterocycles. The standard InChI is InChI=1S/C9H9BrF3N/c10-6-1-2-7(8(11)5-6)9(12,13)3-4-14/h1-2,5H,3-4,14H2. The van der Waals surface area contributed by atoms with Crippen LogP contribution in [-0.4, -0.2) is 6.54 Å². The van der Waals surface area contributed by atoms with Crippen LogP contribution < -0.4 is 5.73 Å². The number of nitrogens with two attached hydrogens (primary N) is 1. The highest BCUT2D eigenvalue weighted by molar-refractivity contribution is 9.10. The number of halogens is 4. The molecular weight excluding hydrogens is 259 g/mol. The van der Waals surface area contributed by atoms with E-state index in [1.807, 2.05) is 0 Å². The molecule has 1 rings (SSSR count). The van der Waals surface area contributed by atoms with Crippen LogP contribution in [0.15, 0.2) is 22.7 Å². The summed E-state index contributed by atoms with van der Waals surface area (Å²) in [6.07, 6.45) is -0.550. The van der Waals surface area contributed by atoms with Crippen LogP contribution in [-0.2, 0) is 5.92 Å². The van der Waals surface area contributed by atoms with E-state index in [1.165, 1.54) is 6.07 Å². The molecule has 0 fully saturated rings. The fourth-order valence-corrected chi connectivity index (χ4v) is 1.44. The van der Waals surface area contributed by atoms with Crippen molar-refractivity contribution >= 4 is 15.9 Å². The summed E-state index contributed by atoms with van der Waals surface area (Å²) in [6.45, 7) is -0.178. The van der Waals surface area contributed by atoms with Crippen molar-refractivity contribution in [1.82, 2.24) is 0 Å². The highest BCUT2D eigenvalue weighted by Gasteiger charge is 2.33. The first-order valence-electron chi connectivity index (χ1n) is 4.01. The molecule has 0 atom stereocenters. The van der Waals surface area contributed by atoms with Crippen LogP contribution in [0.25, 0.3) is 0 Å². The van der Waals surface area contributed by atoms with Crippen LogP contribution in [0.2, 0.25) is 0 Å². The van der Waals surface area contributed by atoms with Gasteiger partial charge in [-0.3, -0.25) is 0 Å². The van der Waals surface area contributed by atoms with Gasteiger partial charge in [0.1, 0.15) is 5.82 Å². The van der Waals surface area contributed by atoms with Gasteiger partial charge in [-0.15, -0.1) is 0 Å². The maximum Gasteiger partial charge on any atom is 0.277 e. The molecule has 0 aliphatic heterocycles. The molecule has 14 heavy (non-hydrogen) atoms. The van der Waals surface area contributed by atoms with Crippen LogP contribution in [0.1, 0.15) is 12.0 Å². The van der Waals surface area contributed by atoms with Crippen molar-refractivity contribution in [1.29, 1.82) is 0 Å². The number of hydrogen-bond donors (Lipinski definition) is 1. The molecular formula is C9H9BrF3N. The minimum Gasteiger partial charge on any atom is -0.330 e. The molecule has 0 radical (unpaired) electrons. The van der Waals surface area contributed by atoms with Gasteiger partial charge in [0.25, 0.3) is 5.92 Å². The van der Waals surface area contributed by atoms with E-state index in [-0.39, 0.29) is 6.54 Å². The molecule has 0 unspecified atom stereocenters. The lowest BCUT2D eigenvalue weighted by Gasteiger charge is -2.16. The van der Waals surface area contributed by atoms with E-state index in [9.17, 15) is 13.2 Å². The van der Waals surface area contributed by atoms with Gasteiger partial charge in [-0.05, 0) is 24.7 Å². The van der Waals surface area contributed by atoms with Gasteiger partial charge in [0.15, 0.2) is 0 Å². The lowest BCUT2D eigenvalue weighted by molar-refractivity contribution is -0.0141. The van der Waals surface area contributed by atoms with Crippen LogP contribution in [0.5, 0.6) is 0 Å². The molecule has 1 nitrogen and oxygen atoms in total. The first kappa shape index (κ1) is 11.5. The predicted octanol–water partition coefficient (Wildman–Crippen LogP) is 3.03. The van der Waals surface area contributed by atoms with E-state index in [2.05, 4.69) is 15.9 Å². The predicted molar refractivity (Wildman–Crippen MR) is 51.7 cm³/mol. The molecule has 0 amide bonds.